The lowest BCUT2D eigenvalue weighted by Crippen LogP contribution is -2.22. The molecule has 1 amide bonds. The monoisotopic (exact) mass is 704 g/mol. The number of ether oxygens (including phenoxy) is 3. The molecule has 1 aliphatic carbocycles. The van der Waals surface area contributed by atoms with Crippen LogP contribution in [-0.2, 0) is 20.8 Å². The number of hydrogen-bond donors (Lipinski definition) is 2. The number of carbonyl (C=O) groups excluding carboxylic acids is 2. The molecule has 252 valence electrons. The van der Waals surface area contributed by atoms with E-state index >= 15 is 0 Å². The minimum Gasteiger partial charge on any atom is -0.462 e. The summed E-state index contributed by atoms with van der Waals surface area (Å²) in [6.07, 6.45) is 4.14. The Hall–Kier alpha value is -3.15. The van der Waals surface area contributed by atoms with E-state index in [9.17, 15) is 18.4 Å². The van der Waals surface area contributed by atoms with Crippen LogP contribution in [0.2, 0.25) is 0 Å². The predicted molar refractivity (Wildman–Crippen MR) is 189 cm³/mol. The van der Waals surface area contributed by atoms with Crippen LogP contribution in [0.25, 0.3) is 22.3 Å². The van der Waals surface area contributed by atoms with E-state index < -0.39 is 11.8 Å². The molecule has 5 rings (SSSR count). The predicted octanol–water partition coefficient (Wildman–Crippen LogP) is 7.82. The highest BCUT2D eigenvalue weighted by Gasteiger charge is 2.31. The Morgan fingerprint density at radius 1 is 1.04 bits per heavy atom. The highest BCUT2D eigenvalue weighted by atomic mass is 32.7. The third-order valence-electron chi connectivity index (χ3n) is 7.51. The van der Waals surface area contributed by atoms with Gasteiger partial charge in [0.1, 0.15) is 23.0 Å². The zero-order valence-electron chi connectivity index (χ0n) is 26.5. The summed E-state index contributed by atoms with van der Waals surface area (Å²) in [5.74, 6) is -1.16. The number of rotatable bonds is 15. The van der Waals surface area contributed by atoms with Gasteiger partial charge in [0, 0.05) is 30.3 Å². The first kappa shape index (κ1) is 36.7. The summed E-state index contributed by atoms with van der Waals surface area (Å²) in [6, 6.07) is 14.2. The Kier molecular flexibility index (Phi) is 13.9. The number of carbonyl (C=O) groups is 2. The van der Waals surface area contributed by atoms with E-state index in [1.807, 2.05) is 12.3 Å². The van der Waals surface area contributed by atoms with Crippen molar-refractivity contribution in [2.24, 2.45) is 0 Å². The van der Waals surface area contributed by atoms with Gasteiger partial charge in [-0.2, -0.15) is 12.2 Å². The number of hydrogen-bond acceptors (Lipinski definition) is 9. The summed E-state index contributed by atoms with van der Waals surface area (Å²) >= 11 is 5.02. The number of thiol groups is 1. The van der Waals surface area contributed by atoms with Gasteiger partial charge in [-0.05, 0) is 79.3 Å². The quantitative estimate of drug-likeness (QED) is 0.0426. The fraction of sp³-hybridized carbons (Fsp3) is 0.353. The van der Waals surface area contributed by atoms with E-state index in [0.717, 1.165) is 29.5 Å². The molecule has 1 aliphatic rings. The number of benzene rings is 3. The zero-order valence-corrected chi connectivity index (χ0v) is 29.4. The average molecular weight is 705 g/mol. The molecular formula is C34H39F2N2O6PS2. The molecule has 1 aromatic heterocycles. The Labute approximate surface area is 285 Å². The molecule has 1 saturated carbocycles. The van der Waals surface area contributed by atoms with Gasteiger partial charge in [0.2, 0.25) is 0 Å². The fourth-order valence-corrected chi connectivity index (χ4v) is 5.75. The normalized spacial score (nSPS) is 12.4. The van der Waals surface area contributed by atoms with E-state index in [1.54, 1.807) is 44.1 Å². The zero-order chi connectivity index (χ0) is 33.9. The summed E-state index contributed by atoms with van der Waals surface area (Å²) < 4.78 is 52.5. The number of furan rings is 1. The molecule has 1 atom stereocenters. The molecular weight excluding hydrogens is 665 g/mol. The molecule has 1 unspecified atom stereocenters. The van der Waals surface area contributed by atoms with Crippen LogP contribution in [0.1, 0.15) is 57.5 Å². The van der Waals surface area contributed by atoms with Crippen LogP contribution in [0.4, 0.5) is 14.5 Å². The van der Waals surface area contributed by atoms with Gasteiger partial charge in [0.05, 0.1) is 56.4 Å². The van der Waals surface area contributed by atoms with E-state index in [0.29, 0.717) is 60.3 Å². The van der Waals surface area contributed by atoms with Crippen molar-refractivity contribution in [1.82, 2.24) is 5.32 Å². The van der Waals surface area contributed by atoms with Gasteiger partial charge in [-0.1, -0.05) is 26.5 Å². The SMILES string of the molecule is CCOC(=O)c1cc(COCCOCCN(SC)c2cc3oc(-c4ccc(F)cc4)c(C(=O)NC)c3cc2C2CC2)ccc1F.PS. The van der Waals surface area contributed by atoms with Crippen LogP contribution < -0.4 is 9.62 Å². The van der Waals surface area contributed by atoms with Crippen LogP contribution in [0, 0.1) is 11.6 Å². The van der Waals surface area contributed by atoms with Gasteiger partial charge in [-0.3, -0.25) is 4.79 Å². The number of nitrogens with zero attached hydrogens (tertiary/aromatic N) is 1. The molecule has 1 N–H and O–H groups in total. The van der Waals surface area contributed by atoms with E-state index in [-0.39, 0.29) is 30.5 Å². The molecule has 4 aromatic rings. The lowest BCUT2D eigenvalue weighted by Gasteiger charge is -2.24. The van der Waals surface area contributed by atoms with Gasteiger partial charge in [-0.15, -0.1) is 0 Å². The lowest BCUT2D eigenvalue weighted by molar-refractivity contribution is 0.0433. The topological polar surface area (TPSA) is 90.2 Å². The maximum absolute atomic E-state index is 14.0. The van der Waals surface area contributed by atoms with Crippen molar-refractivity contribution in [2.45, 2.75) is 32.3 Å². The minimum absolute atomic E-state index is 0.110. The number of nitrogens with one attached hydrogen (secondary N) is 1. The maximum Gasteiger partial charge on any atom is 0.341 e. The van der Waals surface area contributed by atoms with Gasteiger partial charge in [-0.25, -0.2) is 13.6 Å². The van der Waals surface area contributed by atoms with E-state index in [4.69, 9.17) is 18.6 Å². The number of amides is 1. The molecule has 0 aliphatic heterocycles. The largest absolute Gasteiger partial charge is 0.462 e. The molecule has 0 bridgehead atoms. The van der Waals surface area contributed by atoms with Crippen LogP contribution in [0.15, 0.2) is 59.0 Å². The third kappa shape index (κ3) is 9.27. The van der Waals surface area contributed by atoms with Crippen molar-refractivity contribution in [3.8, 4) is 11.3 Å². The summed E-state index contributed by atoms with van der Waals surface area (Å²) in [6.45, 7) is 3.77. The summed E-state index contributed by atoms with van der Waals surface area (Å²) in [7, 11) is 3.69. The molecule has 3 aromatic carbocycles. The fourth-order valence-electron chi connectivity index (χ4n) is 5.14. The van der Waals surface area contributed by atoms with Crippen LogP contribution in [0.5, 0.6) is 0 Å². The Balaban J connectivity index is 0.00000245. The molecule has 47 heavy (non-hydrogen) atoms. The van der Waals surface area contributed by atoms with Crippen molar-refractivity contribution >= 4 is 61.2 Å². The summed E-state index contributed by atoms with van der Waals surface area (Å²) in [5, 5.41) is 3.44. The van der Waals surface area contributed by atoms with Crippen molar-refractivity contribution in [1.29, 1.82) is 0 Å². The Bertz CT molecular complexity index is 1670. The average Bonchev–Trinajstić information content (AvgIpc) is 3.87. The highest BCUT2D eigenvalue weighted by Crippen LogP contribution is 2.48. The van der Waals surface area contributed by atoms with Gasteiger partial charge >= 0.3 is 5.97 Å². The standard InChI is InChI=1S/C34H36F2N2O6S.H3PS/c1-4-43-34(40)26-17-21(5-12-28(26)36)20-42-16-15-41-14-13-38(45-3)29-19-30-27(18-25(29)22-6-7-22)31(33(39)37-2)32(44-30)23-8-10-24(35)11-9-23;1-2/h5,8-12,17-19,22H,4,6-7,13-16,20H2,1-3H3,(H,37,39);2H,1H2. The molecule has 0 saturated heterocycles. The van der Waals surface area contributed by atoms with Crippen molar-refractivity contribution in [3.05, 3.63) is 88.5 Å². The molecule has 0 radical (unpaired) electrons. The van der Waals surface area contributed by atoms with Crippen molar-refractivity contribution < 1.29 is 37.0 Å². The van der Waals surface area contributed by atoms with Crippen molar-refractivity contribution in [2.75, 3.05) is 50.6 Å². The molecule has 1 fully saturated rings. The number of fused-ring (bicyclic) bond motifs is 1. The molecule has 8 nitrogen and oxygen atoms in total. The number of anilines is 1. The number of halogens is 2. The first-order valence-corrected chi connectivity index (χ1v) is 18.4. The first-order chi connectivity index (χ1) is 22.8. The second-order valence-corrected chi connectivity index (χ2v) is 11.4. The second kappa shape index (κ2) is 17.8. The highest BCUT2D eigenvalue weighted by molar-refractivity contribution is 8.31. The summed E-state index contributed by atoms with van der Waals surface area (Å²) in [4.78, 5) is 24.9. The van der Waals surface area contributed by atoms with E-state index in [1.165, 1.54) is 24.3 Å². The van der Waals surface area contributed by atoms with Gasteiger partial charge in [0.25, 0.3) is 5.91 Å². The van der Waals surface area contributed by atoms with Gasteiger partial charge < -0.3 is 28.2 Å². The van der Waals surface area contributed by atoms with Gasteiger partial charge in [0.15, 0.2) is 0 Å². The van der Waals surface area contributed by atoms with Crippen LogP contribution >= 0.6 is 32.6 Å². The van der Waals surface area contributed by atoms with Crippen LogP contribution in [-0.4, -0.2) is 58.2 Å². The van der Waals surface area contributed by atoms with Crippen LogP contribution in [0.3, 0.4) is 0 Å². The Morgan fingerprint density at radius 2 is 1.77 bits per heavy atom. The van der Waals surface area contributed by atoms with E-state index in [2.05, 4.69) is 36.4 Å². The molecule has 1 heterocycles. The maximum atomic E-state index is 14.0. The second-order valence-electron chi connectivity index (χ2n) is 10.6. The first-order valence-electron chi connectivity index (χ1n) is 15.1. The Morgan fingerprint density at radius 3 is 2.43 bits per heavy atom. The number of esters is 1. The summed E-state index contributed by atoms with van der Waals surface area (Å²) in [5.41, 5.74) is 4.35. The molecule has 0 spiro atoms. The molecule has 13 heteroatoms. The van der Waals surface area contributed by atoms with Crippen molar-refractivity contribution in [3.63, 3.8) is 0 Å². The lowest BCUT2D eigenvalue weighted by atomic mass is 10.0. The third-order valence-corrected chi connectivity index (χ3v) is 8.33. The minimum atomic E-state index is -0.699. The smallest absolute Gasteiger partial charge is 0.341 e.